The molecule has 0 saturated carbocycles. The predicted octanol–water partition coefficient (Wildman–Crippen LogP) is 3.69. The van der Waals surface area contributed by atoms with Crippen LogP contribution in [0.1, 0.15) is 45.4 Å². The van der Waals surface area contributed by atoms with Crippen LogP contribution in [-0.4, -0.2) is 48.3 Å². The molecule has 0 radical (unpaired) electrons. The standard InChI is InChI=1S/C20H31N3O2/c1-16-9-12-22(13-10-16)19-6-2-5-17(15-19)21-20(25)23-11-3-7-18(23)8-4-14-24/h2,5-6,15-16,18,24H,3-4,7-14H2,1H3,(H,21,25)/t18-/m0/s1. The zero-order valence-electron chi connectivity index (χ0n) is 15.3. The molecule has 2 heterocycles. The second-order valence-electron chi connectivity index (χ2n) is 7.51. The molecule has 2 aliphatic rings. The molecule has 5 nitrogen and oxygen atoms in total. The number of amides is 2. The maximum absolute atomic E-state index is 12.7. The van der Waals surface area contributed by atoms with Crippen LogP contribution in [-0.2, 0) is 0 Å². The molecule has 3 rings (SSSR count). The summed E-state index contributed by atoms with van der Waals surface area (Å²) < 4.78 is 0. The maximum atomic E-state index is 12.7. The number of nitrogens with zero attached hydrogens (tertiary/aromatic N) is 2. The molecule has 2 saturated heterocycles. The molecule has 138 valence electrons. The zero-order chi connectivity index (χ0) is 17.6. The quantitative estimate of drug-likeness (QED) is 0.856. The van der Waals surface area contributed by atoms with E-state index >= 15 is 0 Å². The summed E-state index contributed by atoms with van der Waals surface area (Å²) in [6, 6.07) is 8.46. The number of carbonyl (C=O) groups excluding carboxylic acids is 1. The average molecular weight is 345 g/mol. The molecule has 1 aromatic carbocycles. The highest BCUT2D eigenvalue weighted by Crippen LogP contribution is 2.26. The summed E-state index contributed by atoms with van der Waals surface area (Å²) >= 11 is 0. The van der Waals surface area contributed by atoms with E-state index in [1.54, 1.807) is 0 Å². The number of aliphatic hydroxyl groups excluding tert-OH is 1. The van der Waals surface area contributed by atoms with Crippen LogP contribution >= 0.6 is 0 Å². The van der Waals surface area contributed by atoms with E-state index < -0.39 is 0 Å². The molecule has 0 unspecified atom stereocenters. The summed E-state index contributed by atoms with van der Waals surface area (Å²) in [5, 5.41) is 12.1. The lowest BCUT2D eigenvalue weighted by Gasteiger charge is -2.32. The van der Waals surface area contributed by atoms with Crippen molar-refractivity contribution in [3.8, 4) is 0 Å². The lowest BCUT2D eigenvalue weighted by Crippen LogP contribution is -2.38. The van der Waals surface area contributed by atoms with Crippen LogP contribution in [0.15, 0.2) is 24.3 Å². The van der Waals surface area contributed by atoms with Crippen LogP contribution in [0.4, 0.5) is 16.2 Å². The zero-order valence-corrected chi connectivity index (χ0v) is 15.3. The number of hydrogen-bond acceptors (Lipinski definition) is 3. The number of carbonyl (C=O) groups is 1. The van der Waals surface area contributed by atoms with E-state index in [2.05, 4.69) is 29.3 Å². The minimum atomic E-state index is -0.00939. The first-order chi connectivity index (χ1) is 12.2. The van der Waals surface area contributed by atoms with E-state index in [0.29, 0.717) is 0 Å². The minimum Gasteiger partial charge on any atom is -0.396 e. The SMILES string of the molecule is CC1CCN(c2cccc(NC(=O)N3CCC[C@H]3CCCO)c2)CC1. The van der Waals surface area contributed by atoms with Crippen molar-refractivity contribution in [1.29, 1.82) is 0 Å². The van der Waals surface area contributed by atoms with Crippen LogP contribution in [0, 0.1) is 5.92 Å². The van der Waals surface area contributed by atoms with Crippen molar-refractivity contribution < 1.29 is 9.90 Å². The van der Waals surface area contributed by atoms with Crippen molar-refractivity contribution in [3.05, 3.63) is 24.3 Å². The fourth-order valence-corrected chi connectivity index (χ4v) is 3.97. The molecule has 5 heteroatoms. The highest BCUT2D eigenvalue weighted by Gasteiger charge is 2.28. The maximum Gasteiger partial charge on any atom is 0.322 e. The van der Waals surface area contributed by atoms with Gasteiger partial charge in [0, 0.05) is 43.7 Å². The molecule has 1 atom stereocenters. The molecule has 0 bridgehead atoms. The average Bonchev–Trinajstić information content (AvgIpc) is 3.09. The van der Waals surface area contributed by atoms with Gasteiger partial charge in [-0.3, -0.25) is 0 Å². The summed E-state index contributed by atoms with van der Waals surface area (Å²) in [4.78, 5) is 17.0. The van der Waals surface area contributed by atoms with E-state index in [0.717, 1.165) is 56.9 Å². The first-order valence-electron chi connectivity index (χ1n) is 9.71. The summed E-state index contributed by atoms with van der Waals surface area (Å²) in [7, 11) is 0. The highest BCUT2D eigenvalue weighted by atomic mass is 16.3. The fourth-order valence-electron chi connectivity index (χ4n) is 3.97. The Balaban J connectivity index is 1.60. The van der Waals surface area contributed by atoms with Crippen LogP contribution in [0.25, 0.3) is 0 Å². The van der Waals surface area contributed by atoms with Gasteiger partial charge in [-0.25, -0.2) is 4.79 Å². The van der Waals surface area contributed by atoms with Gasteiger partial charge in [0.05, 0.1) is 0 Å². The Morgan fingerprint density at radius 3 is 2.80 bits per heavy atom. The fraction of sp³-hybridized carbons (Fsp3) is 0.650. The summed E-state index contributed by atoms with van der Waals surface area (Å²) in [5.74, 6) is 0.810. The summed E-state index contributed by atoms with van der Waals surface area (Å²) in [6.07, 6.45) is 6.20. The first kappa shape index (κ1) is 18.1. The molecule has 0 aliphatic carbocycles. The topological polar surface area (TPSA) is 55.8 Å². The summed E-state index contributed by atoms with van der Waals surface area (Å²) in [5.41, 5.74) is 2.07. The van der Waals surface area contributed by atoms with Crippen molar-refractivity contribution in [2.45, 2.75) is 51.5 Å². The number of hydrogen-bond donors (Lipinski definition) is 2. The van der Waals surface area contributed by atoms with E-state index in [1.807, 2.05) is 17.0 Å². The largest absolute Gasteiger partial charge is 0.396 e. The van der Waals surface area contributed by atoms with Crippen LogP contribution < -0.4 is 10.2 Å². The molecule has 2 aliphatic heterocycles. The summed E-state index contributed by atoms with van der Waals surface area (Å²) in [6.45, 7) is 5.51. The van der Waals surface area contributed by atoms with Gasteiger partial charge in [-0.1, -0.05) is 13.0 Å². The lowest BCUT2D eigenvalue weighted by molar-refractivity contribution is 0.197. The second kappa shape index (κ2) is 8.56. The number of likely N-dealkylation sites (tertiary alicyclic amines) is 1. The van der Waals surface area contributed by atoms with Gasteiger partial charge in [0.15, 0.2) is 0 Å². The van der Waals surface area contributed by atoms with Gasteiger partial charge in [-0.2, -0.15) is 0 Å². The highest BCUT2D eigenvalue weighted by molar-refractivity contribution is 5.90. The molecule has 2 N–H and O–H groups in total. The Morgan fingerprint density at radius 2 is 2.04 bits per heavy atom. The molecule has 0 spiro atoms. The Kier molecular flexibility index (Phi) is 6.19. The third-order valence-electron chi connectivity index (χ3n) is 5.58. The molecule has 25 heavy (non-hydrogen) atoms. The van der Waals surface area contributed by atoms with E-state index in [1.165, 1.54) is 18.5 Å². The van der Waals surface area contributed by atoms with Crippen LogP contribution in [0.2, 0.25) is 0 Å². The Labute approximate surface area is 151 Å². The van der Waals surface area contributed by atoms with Gasteiger partial charge in [0.25, 0.3) is 0 Å². The lowest BCUT2D eigenvalue weighted by atomic mass is 9.99. The number of piperidine rings is 1. The molecule has 2 amide bonds. The van der Waals surface area contributed by atoms with Gasteiger partial charge in [0.1, 0.15) is 0 Å². The Bertz CT molecular complexity index is 570. The van der Waals surface area contributed by atoms with E-state index in [-0.39, 0.29) is 18.7 Å². The molecular weight excluding hydrogens is 314 g/mol. The van der Waals surface area contributed by atoms with Gasteiger partial charge >= 0.3 is 6.03 Å². The van der Waals surface area contributed by atoms with Crippen molar-refractivity contribution >= 4 is 17.4 Å². The van der Waals surface area contributed by atoms with Crippen molar-refractivity contribution in [1.82, 2.24) is 4.90 Å². The van der Waals surface area contributed by atoms with Crippen LogP contribution in [0.3, 0.4) is 0 Å². The van der Waals surface area contributed by atoms with Gasteiger partial charge in [0.2, 0.25) is 0 Å². The Hall–Kier alpha value is -1.75. The number of benzene rings is 1. The van der Waals surface area contributed by atoms with Gasteiger partial charge < -0.3 is 20.2 Å². The molecule has 0 aromatic heterocycles. The minimum absolute atomic E-state index is 0.00939. The van der Waals surface area contributed by atoms with Crippen LogP contribution in [0.5, 0.6) is 0 Å². The number of anilines is 2. The van der Waals surface area contributed by atoms with Gasteiger partial charge in [-0.15, -0.1) is 0 Å². The number of aliphatic hydroxyl groups is 1. The van der Waals surface area contributed by atoms with Gasteiger partial charge in [-0.05, 0) is 62.6 Å². The van der Waals surface area contributed by atoms with Crippen molar-refractivity contribution in [2.75, 3.05) is 36.5 Å². The number of urea groups is 1. The third kappa shape index (κ3) is 4.66. The number of nitrogens with one attached hydrogen (secondary N) is 1. The first-order valence-corrected chi connectivity index (χ1v) is 9.71. The van der Waals surface area contributed by atoms with E-state index in [4.69, 9.17) is 5.11 Å². The molecule has 1 aromatic rings. The smallest absolute Gasteiger partial charge is 0.322 e. The number of rotatable bonds is 5. The predicted molar refractivity (Wildman–Crippen MR) is 102 cm³/mol. The molecule has 2 fully saturated rings. The Morgan fingerprint density at radius 1 is 1.24 bits per heavy atom. The molecular formula is C20H31N3O2. The van der Waals surface area contributed by atoms with E-state index in [9.17, 15) is 4.79 Å². The normalized spacial score (nSPS) is 21.6. The monoisotopic (exact) mass is 345 g/mol. The van der Waals surface area contributed by atoms with Crippen molar-refractivity contribution in [2.24, 2.45) is 5.92 Å². The third-order valence-corrected chi connectivity index (χ3v) is 5.58. The second-order valence-corrected chi connectivity index (χ2v) is 7.51. The van der Waals surface area contributed by atoms with Crippen molar-refractivity contribution in [3.63, 3.8) is 0 Å².